The van der Waals surface area contributed by atoms with Gasteiger partial charge in [-0.05, 0) is 73.4 Å². The number of carbonyl (C=O) groups excluding carboxylic acids is 1. The molecule has 3 aromatic rings. The van der Waals surface area contributed by atoms with Gasteiger partial charge in [0.15, 0.2) is 17.6 Å². The summed E-state index contributed by atoms with van der Waals surface area (Å²) in [6, 6.07) is 16.8. The van der Waals surface area contributed by atoms with Crippen LogP contribution in [0.2, 0.25) is 10.0 Å². The molecule has 0 aliphatic heterocycles. The molecule has 8 nitrogen and oxygen atoms in total. The maximum Gasteiger partial charge on any atom is 0.573 e. The number of halogens is 5. The molecule has 0 aromatic heterocycles. The lowest BCUT2D eigenvalue weighted by Crippen LogP contribution is -2.37. The molecule has 13 heteroatoms. The van der Waals surface area contributed by atoms with Crippen LogP contribution in [0, 0.1) is 0 Å². The normalized spacial score (nSPS) is 12.0. The van der Waals surface area contributed by atoms with Crippen molar-refractivity contribution in [2.24, 2.45) is 0 Å². The highest BCUT2D eigenvalue weighted by atomic mass is 35.5. The summed E-state index contributed by atoms with van der Waals surface area (Å²) < 4.78 is 58.8. The molecule has 1 unspecified atom stereocenters. The number of aryl methyl sites for hydroxylation is 1. The van der Waals surface area contributed by atoms with Crippen LogP contribution in [0.5, 0.6) is 17.2 Å². The third kappa shape index (κ3) is 11.9. The van der Waals surface area contributed by atoms with E-state index < -0.39 is 30.3 Å². The molecule has 3 aromatic carbocycles. The van der Waals surface area contributed by atoms with Crippen molar-refractivity contribution in [3.63, 3.8) is 0 Å². The summed E-state index contributed by atoms with van der Waals surface area (Å²) in [6.07, 6.45) is -5.67. The number of benzene rings is 3. The lowest BCUT2D eigenvalue weighted by atomic mass is 10.1. The second-order valence-corrected chi connectivity index (χ2v) is 10.1. The Morgan fingerprint density at radius 2 is 1.58 bits per heavy atom. The number of hydrogen-bond acceptors (Lipinski definition) is 6. The van der Waals surface area contributed by atoms with E-state index in [9.17, 15) is 27.9 Å². The zero-order valence-electron chi connectivity index (χ0n) is 23.1. The van der Waals surface area contributed by atoms with E-state index in [1.54, 1.807) is 49.4 Å². The largest absolute Gasteiger partial charge is 0.573 e. The molecule has 0 radical (unpaired) electrons. The average molecular weight is 644 g/mol. The Bertz CT molecular complexity index is 1340. The van der Waals surface area contributed by atoms with Gasteiger partial charge in [-0.1, -0.05) is 47.5 Å². The number of para-hydroxylation sites is 2. The SMILES string of the molecule is CCOC(Cc1ccc(OCCN(CCCc2cc(Cl)cc(Cl)c2)C(=O)Oc2ccccc2OC(F)(F)F)cc1)C(=O)O. The summed E-state index contributed by atoms with van der Waals surface area (Å²) in [6.45, 7) is 2.25. The molecule has 0 saturated heterocycles. The van der Waals surface area contributed by atoms with E-state index in [1.807, 2.05) is 0 Å². The van der Waals surface area contributed by atoms with E-state index in [0.29, 0.717) is 28.6 Å². The predicted octanol–water partition coefficient (Wildman–Crippen LogP) is 7.44. The number of rotatable bonds is 15. The molecule has 0 aliphatic rings. The highest BCUT2D eigenvalue weighted by Gasteiger charge is 2.33. The fraction of sp³-hybridized carbons (Fsp3) is 0.333. The monoisotopic (exact) mass is 643 g/mol. The van der Waals surface area contributed by atoms with E-state index in [-0.39, 0.29) is 38.5 Å². The lowest BCUT2D eigenvalue weighted by Gasteiger charge is -2.23. The molecule has 3 rings (SSSR count). The third-order valence-electron chi connectivity index (χ3n) is 5.96. The van der Waals surface area contributed by atoms with Crippen LogP contribution in [0.1, 0.15) is 24.5 Å². The fourth-order valence-electron chi connectivity index (χ4n) is 4.05. The van der Waals surface area contributed by atoms with Crippen molar-refractivity contribution in [3.05, 3.63) is 87.9 Å². The summed E-state index contributed by atoms with van der Waals surface area (Å²) in [5, 5.41) is 10.2. The molecule has 0 bridgehead atoms. The van der Waals surface area contributed by atoms with E-state index >= 15 is 0 Å². The quantitative estimate of drug-likeness (QED) is 0.184. The molecular weight excluding hydrogens is 614 g/mol. The van der Waals surface area contributed by atoms with Gasteiger partial charge in [0.1, 0.15) is 12.4 Å². The van der Waals surface area contributed by atoms with Gasteiger partial charge in [-0.15, -0.1) is 13.2 Å². The average Bonchev–Trinajstić information content (AvgIpc) is 2.92. The van der Waals surface area contributed by atoms with Gasteiger partial charge in [-0.3, -0.25) is 0 Å². The van der Waals surface area contributed by atoms with Crippen LogP contribution in [0.3, 0.4) is 0 Å². The topological polar surface area (TPSA) is 94.5 Å². The number of carboxylic acids is 1. The van der Waals surface area contributed by atoms with Gasteiger partial charge < -0.3 is 29.0 Å². The zero-order valence-corrected chi connectivity index (χ0v) is 24.6. The van der Waals surface area contributed by atoms with Crippen molar-refractivity contribution in [1.82, 2.24) is 4.90 Å². The first-order valence-electron chi connectivity index (χ1n) is 13.3. The van der Waals surface area contributed by atoms with Crippen molar-refractivity contribution >= 4 is 35.3 Å². The molecule has 1 atom stereocenters. The van der Waals surface area contributed by atoms with Crippen molar-refractivity contribution < 1.29 is 46.8 Å². The van der Waals surface area contributed by atoms with Crippen molar-refractivity contribution in [2.45, 2.75) is 38.7 Å². The number of hydrogen-bond donors (Lipinski definition) is 1. The second kappa shape index (κ2) is 16.3. The minimum absolute atomic E-state index is 0.0365. The molecule has 0 fully saturated rings. The number of aliphatic carboxylic acids is 1. The first-order chi connectivity index (χ1) is 20.4. The number of alkyl halides is 3. The number of amides is 1. The van der Waals surface area contributed by atoms with Crippen LogP contribution in [0.25, 0.3) is 0 Å². The maximum atomic E-state index is 13.1. The standard InChI is InChI=1S/C30H30Cl2F3NO7/c1-2-40-27(28(37)38)18-20-9-11-24(12-10-20)41-15-14-36(13-5-6-21-16-22(31)19-23(32)17-21)29(39)42-25-7-3-4-8-26(25)43-30(33,34)35/h3-4,7-12,16-17,19,27H,2,5-6,13-15,18H2,1H3,(H,37,38). The van der Waals surface area contributed by atoms with Crippen LogP contribution in [0.4, 0.5) is 18.0 Å². The molecule has 0 aliphatic carbocycles. The Labute approximate surface area is 256 Å². The van der Waals surface area contributed by atoms with Crippen LogP contribution in [-0.2, 0) is 22.4 Å². The van der Waals surface area contributed by atoms with Crippen LogP contribution < -0.4 is 14.2 Å². The minimum Gasteiger partial charge on any atom is -0.492 e. The van der Waals surface area contributed by atoms with Crippen LogP contribution >= 0.6 is 23.2 Å². The highest BCUT2D eigenvalue weighted by Crippen LogP contribution is 2.32. The van der Waals surface area contributed by atoms with Gasteiger partial charge in [-0.25, -0.2) is 9.59 Å². The smallest absolute Gasteiger partial charge is 0.492 e. The summed E-state index contributed by atoms with van der Waals surface area (Å²) in [5.41, 5.74) is 1.58. The molecule has 1 amide bonds. The number of ether oxygens (including phenoxy) is 4. The fourth-order valence-corrected chi connectivity index (χ4v) is 4.63. The van der Waals surface area contributed by atoms with Gasteiger partial charge >= 0.3 is 18.4 Å². The van der Waals surface area contributed by atoms with Gasteiger partial charge in [-0.2, -0.15) is 0 Å². The van der Waals surface area contributed by atoms with Crippen molar-refractivity contribution in [3.8, 4) is 17.2 Å². The second-order valence-electron chi connectivity index (χ2n) is 9.21. The molecule has 1 N–H and O–H groups in total. The number of carbonyl (C=O) groups is 2. The van der Waals surface area contributed by atoms with Gasteiger partial charge in [0, 0.05) is 29.6 Å². The predicted molar refractivity (Wildman–Crippen MR) is 154 cm³/mol. The molecule has 0 heterocycles. The minimum atomic E-state index is -4.97. The summed E-state index contributed by atoms with van der Waals surface area (Å²) >= 11 is 12.1. The van der Waals surface area contributed by atoms with Gasteiger partial charge in [0.2, 0.25) is 0 Å². The highest BCUT2D eigenvalue weighted by molar-refractivity contribution is 6.34. The Balaban J connectivity index is 1.65. The lowest BCUT2D eigenvalue weighted by molar-refractivity contribution is -0.275. The van der Waals surface area contributed by atoms with Crippen molar-refractivity contribution in [2.75, 3.05) is 26.3 Å². The Kier molecular flexibility index (Phi) is 12.8. The van der Waals surface area contributed by atoms with E-state index in [2.05, 4.69) is 4.74 Å². The van der Waals surface area contributed by atoms with E-state index in [0.717, 1.165) is 17.2 Å². The number of carboxylic acid groups (broad SMARTS) is 1. The molecule has 0 spiro atoms. The van der Waals surface area contributed by atoms with Gasteiger partial charge in [0.05, 0.1) is 6.54 Å². The third-order valence-corrected chi connectivity index (χ3v) is 6.40. The molecule has 232 valence electrons. The zero-order chi connectivity index (χ0) is 31.4. The van der Waals surface area contributed by atoms with Crippen LogP contribution in [0.15, 0.2) is 66.7 Å². The van der Waals surface area contributed by atoms with Crippen molar-refractivity contribution in [1.29, 1.82) is 0 Å². The Morgan fingerprint density at radius 3 is 2.19 bits per heavy atom. The molecule has 0 saturated carbocycles. The Hall–Kier alpha value is -3.67. The van der Waals surface area contributed by atoms with E-state index in [1.165, 1.54) is 23.1 Å². The van der Waals surface area contributed by atoms with Gasteiger partial charge in [0.25, 0.3) is 0 Å². The summed E-state index contributed by atoms with van der Waals surface area (Å²) in [7, 11) is 0. The summed E-state index contributed by atoms with van der Waals surface area (Å²) in [4.78, 5) is 25.7. The Morgan fingerprint density at radius 1 is 0.930 bits per heavy atom. The molecule has 43 heavy (non-hydrogen) atoms. The summed E-state index contributed by atoms with van der Waals surface area (Å²) in [5.74, 6) is -1.62. The molecular formula is C30H30Cl2F3NO7. The first-order valence-corrected chi connectivity index (χ1v) is 14.0. The number of nitrogens with zero attached hydrogens (tertiary/aromatic N) is 1. The van der Waals surface area contributed by atoms with E-state index in [4.69, 9.17) is 37.4 Å². The maximum absolute atomic E-state index is 13.1. The van der Waals surface area contributed by atoms with Crippen LogP contribution in [-0.4, -0.2) is 60.8 Å². The first kappa shape index (κ1) is 33.8.